The van der Waals surface area contributed by atoms with Crippen molar-refractivity contribution in [3.05, 3.63) is 75.8 Å². The van der Waals surface area contributed by atoms with Crippen LogP contribution in [0.15, 0.2) is 53.6 Å². The fraction of sp³-hybridized carbons (Fsp3) is 0.500. The number of imide groups is 1. The number of carbonyl (C=O) groups is 3. The third-order valence-corrected chi connectivity index (χ3v) is 12.3. The minimum absolute atomic E-state index is 0.0281. The number of hydrogen-bond donors (Lipinski definition) is 2. The Morgan fingerprint density at radius 2 is 1.55 bits per heavy atom. The second-order valence-corrected chi connectivity index (χ2v) is 15.8. The summed E-state index contributed by atoms with van der Waals surface area (Å²) in [4.78, 5) is 71.3. The molecule has 4 aromatic rings. The van der Waals surface area contributed by atoms with Gasteiger partial charge in [0.05, 0.1) is 23.4 Å². The van der Waals surface area contributed by atoms with Crippen LogP contribution in [0.1, 0.15) is 98.2 Å². The molecule has 1 atom stereocenters. The van der Waals surface area contributed by atoms with Crippen LogP contribution in [-0.4, -0.2) is 87.8 Å². The minimum atomic E-state index is -0.257. The summed E-state index contributed by atoms with van der Waals surface area (Å²) in [5, 5.41) is 6.43. The van der Waals surface area contributed by atoms with Gasteiger partial charge in [0.25, 0.3) is 5.56 Å². The van der Waals surface area contributed by atoms with Crippen molar-refractivity contribution in [3.63, 3.8) is 0 Å². The molecule has 2 N–H and O–H groups in total. The number of aryl methyl sites for hydroxylation is 1. The minimum Gasteiger partial charge on any atom is -0.370 e. The van der Waals surface area contributed by atoms with E-state index in [1.807, 2.05) is 24.4 Å². The average Bonchev–Trinajstić information content (AvgIpc) is 3.73. The number of benzene rings is 1. The van der Waals surface area contributed by atoms with Crippen LogP contribution >= 0.6 is 0 Å². The van der Waals surface area contributed by atoms with Crippen LogP contribution < -0.4 is 26.0 Å². The molecule has 1 aliphatic carbocycles. The lowest BCUT2D eigenvalue weighted by atomic mass is 9.90. The Morgan fingerprint density at radius 3 is 2.22 bits per heavy atom. The largest absolute Gasteiger partial charge is 0.370 e. The first-order valence-electron chi connectivity index (χ1n) is 20.0. The van der Waals surface area contributed by atoms with Crippen molar-refractivity contribution in [2.75, 3.05) is 60.9 Å². The fourth-order valence-electron chi connectivity index (χ4n) is 9.07. The number of pyridine rings is 2. The number of nitrogens with zero attached hydrogens (tertiary/aromatic N) is 7. The standard InChI is InChI=1S/C42H51N9O4/c1-27-35-26-44-42(47-39(35)51(32-5-3-4-6-32)41(55)38(27)28(2)52)45-36-13-11-33(25-43-36)49-19-16-29(17-20-49)15-18-48-21-23-50(24-22-48)31-9-7-30(8-10-31)34-12-14-37(53)46-40(34)54/h7-11,13,25-26,29,32,34H,3-6,12,14-24H2,1-2H3,(H,46,53,54)(H,43,44,45,47)/t34-/m0/s1. The Kier molecular flexibility index (Phi) is 10.6. The molecule has 4 fully saturated rings. The highest BCUT2D eigenvalue weighted by molar-refractivity contribution is 6.01. The van der Waals surface area contributed by atoms with E-state index in [0.29, 0.717) is 41.7 Å². The molecule has 3 saturated heterocycles. The summed E-state index contributed by atoms with van der Waals surface area (Å²) >= 11 is 0. The van der Waals surface area contributed by atoms with Crippen LogP contribution in [0.2, 0.25) is 0 Å². The second-order valence-electron chi connectivity index (χ2n) is 15.8. The number of piperidine rings is 2. The zero-order chi connectivity index (χ0) is 38.1. The van der Waals surface area contributed by atoms with Gasteiger partial charge in [0.15, 0.2) is 5.78 Å². The molecule has 4 aliphatic rings. The number of piperazine rings is 1. The highest BCUT2D eigenvalue weighted by Gasteiger charge is 2.29. The molecule has 0 unspecified atom stereocenters. The van der Waals surface area contributed by atoms with Crippen molar-refractivity contribution in [2.45, 2.75) is 83.6 Å². The summed E-state index contributed by atoms with van der Waals surface area (Å²) in [6.07, 6.45) is 12.0. The van der Waals surface area contributed by atoms with E-state index in [2.05, 4.69) is 48.5 Å². The number of rotatable bonds is 10. The molecule has 13 heteroatoms. The maximum absolute atomic E-state index is 13.6. The van der Waals surface area contributed by atoms with Gasteiger partial charge in [-0.2, -0.15) is 4.98 Å². The average molecular weight is 746 g/mol. The van der Waals surface area contributed by atoms with Crippen molar-refractivity contribution in [2.24, 2.45) is 5.92 Å². The van der Waals surface area contributed by atoms with Crippen molar-refractivity contribution in [3.8, 4) is 0 Å². The third-order valence-electron chi connectivity index (χ3n) is 12.3. The van der Waals surface area contributed by atoms with E-state index in [9.17, 15) is 19.2 Å². The van der Waals surface area contributed by atoms with E-state index in [4.69, 9.17) is 9.97 Å². The quantitative estimate of drug-likeness (QED) is 0.157. The van der Waals surface area contributed by atoms with Gasteiger partial charge in [0, 0.05) is 69.0 Å². The van der Waals surface area contributed by atoms with Gasteiger partial charge in [-0.05, 0) is 100 Å². The van der Waals surface area contributed by atoms with Crippen molar-refractivity contribution < 1.29 is 14.4 Å². The maximum atomic E-state index is 13.6. The first kappa shape index (κ1) is 36.8. The molecular weight excluding hydrogens is 695 g/mol. The van der Waals surface area contributed by atoms with Crippen LogP contribution in [-0.2, 0) is 9.59 Å². The predicted octanol–water partition coefficient (Wildman–Crippen LogP) is 5.51. The van der Waals surface area contributed by atoms with E-state index in [1.54, 1.807) is 17.7 Å². The molecule has 55 heavy (non-hydrogen) atoms. The lowest BCUT2D eigenvalue weighted by Gasteiger charge is -2.38. The predicted molar refractivity (Wildman–Crippen MR) is 213 cm³/mol. The summed E-state index contributed by atoms with van der Waals surface area (Å²) in [7, 11) is 0. The number of anilines is 4. The number of ketones is 1. The molecule has 13 nitrogen and oxygen atoms in total. The molecule has 0 bridgehead atoms. The van der Waals surface area contributed by atoms with Gasteiger partial charge in [0.2, 0.25) is 17.8 Å². The van der Waals surface area contributed by atoms with Crippen LogP contribution in [0.25, 0.3) is 11.0 Å². The van der Waals surface area contributed by atoms with Gasteiger partial charge in [-0.25, -0.2) is 9.97 Å². The molecular formula is C42H51N9O4. The zero-order valence-electron chi connectivity index (χ0n) is 31.9. The lowest BCUT2D eigenvalue weighted by molar-refractivity contribution is -0.134. The van der Waals surface area contributed by atoms with Crippen LogP contribution in [0.5, 0.6) is 0 Å². The van der Waals surface area contributed by atoms with E-state index < -0.39 is 0 Å². The van der Waals surface area contributed by atoms with Crippen molar-refractivity contribution in [1.82, 2.24) is 29.7 Å². The number of Topliss-reactive ketones (excluding diaryl/α,β-unsaturated/α-hetero) is 1. The summed E-state index contributed by atoms with van der Waals surface area (Å²) < 4.78 is 1.73. The van der Waals surface area contributed by atoms with Gasteiger partial charge >= 0.3 is 0 Å². The number of nitrogens with one attached hydrogen (secondary N) is 2. The van der Waals surface area contributed by atoms with E-state index in [0.717, 1.165) is 101 Å². The molecule has 288 valence electrons. The van der Waals surface area contributed by atoms with E-state index in [1.165, 1.54) is 19.0 Å². The number of carbonyl (C=O) groups excluding carboxylic acids is 3. The molecule has 1 saturated carbocycles. The summed E-state index contributed by atoms with van der Waals surface area (Å²) in [6, 6.07) is 12.4. The molecule has 8 rings (SSSR count). The van der Waals surface area contributed by atoms with Gasteiger partial charge in [0.1, 0.15) is 11.5 Å². The Balaban J connectivity index is 0.808. The van der Waals surface area contributed by atoms with Crippen molar-refractivity contribution >= 4 is 51.8 Å². The lowest BCUT2D eigenvalue weighted by Crippen LogP contribution is -2.47. The van der Waals surface area contributed by atoms with Crippen LogP contribution in [0, 0.1) is 12.8 Å². The normalized spacial score (nSPS) is 20.3. The summed E-state index contributed by atoms with van der Waals surface area (Å²) in [6.45, 7) is 10.5. The van der Waals surface area contributed by atoms with Crippen LogP contribution in [0.3, 0.4) is 0 Å². The van der Waals surface area contributed by atoms with Crippen LogP contribution in [0.4, 0.5) is 23.1 Å². The molecule has 0 radical (unpaired) electrons. The summed E-state index contributed by atoms with van der Waals surface area (Å²) in [5.41, 5.74) is 4.44. The van der Waals surface area contributed by atoms with E-state index in [-0.39, 0.29) is 40.7 Å². The Labute approximate surface area is 321 Å². The SMILES string of the molecule is CC(=O)c1c(C)c2cnc(Nc3ccc(N4CCC(CCN5CCN(c6ccc([C@@H]7CCC(=O)NC7=O)cc6)CC5)CC4)cn3)nc2n(C2CCCC2)c1=O. The molecule has 2 amide bonds. The number of amides is 2. The number of fused-ring (bicyclic) bond motifs is 1. The number of aromatic nitrogens is 4. The number of hydrogen-bond acceptors (Lipinski definition) is 11. The molecule has 3 aromatic heterocycles. The first-order valence-corrected chi connectivity index (χ1v) is 20.0. The molecule has 1 aromatic carbocycles. The molecule has 0 spiro atoms. The fourth-order valence-corrected chi connectivity index (χ4v) is 9.07. The highest BCUT2D eigenvalue weighted by Crippen LogP contribution is 2.33. The monoisotopic (exact) mass is 745 g/mol. The first-order chi connectivity index (χ1) is 26.7. The third kappa shape index (κ3) is 7.85. The second kappa shape index (κ2) is 15.9. The Hall–Kier alpha value is -5.17. The molecule has 6 heterocycles. The highest BCUT2D eigenvalue weighted by atomic mass is 16.2. The van der Waals surface area contributed by atoms with Gasteiger partial charge in [-0.1, -0.05) is 25.0 Å². The Bertz CT molecular complexity index is 2110. The maximum Gasteiger partial charge on any atom is 0.263 e. The van der Waals surface area contributed by atoms with Crippen molar-refractivity contribution in [1.29, 1.82) is 0 Å². The smallest absolute Gasteiger partial charge is 0.263 e. The molecule has 3 aliphatic heterocycles. The zero-order valence-corrected chi connectivity index (χ0v) is 31.9. The van der Waals surface area contributed by atoms with E-state index >= 15 is 0 Å². The Morgan fingerprint density at radius 1 is 0.836 bits per heavy atom. The summed E-state index contributed by atoms with van der Waals surface area (Å²) in [5.74, 6) is 0.882. The topological polar surface area (TPSA) is 146 Å². The van der Waals surface area contributed by atoms with Gasteiger partial charge in [-0.3, -0.25) is 34.0 Å². The van der Waals surface area contributed by atoms with Gasteiger partial charge in [-0.15, -0.1) is 0 Å². The van der Waals surface area contributed by atoms with Gasteiger partial charge < -0.3 is 15.1 Å².